The molecule has 142 valence electrons. The molecule has 26 heavy (non-hydrogen) atoms. The number of anilines is 1. The van der Waals surface area contributed by atoms with Crippen molar-refractivity contribution in [3.8, 4) is 0 Å². The number of benzene rings is 1. The summed E-state index contributed by atoms with van der Waals surface area (Å²) in [6, 6.07) is 9.17. The van der Waals surface area contributed by atoms with Gasteiger partial charge in [-0.3, -0.25) is 0 Å². The molecule has 0 atom stereocenters. The van der Waals surface area contributed by atoms with Gasteiger partial charge in [-0.15, -0.1) is 24.0 Å². The first-order chi connectivity index (χ1) is 12.0. The van der Waals surface area contributed by atoms with E-state index in [4.69, 9.17) is 0 Å². The van der Waals surface area contributed by atoms with Gasteiger partial charge in [-0.1, -0.05) is 18.2 Å². The molecule has 2 aromatic rings. The van der Waals surface area contributed by atoms with E-state index in [1.807, 2.05) is 44.1 Å². The van der Waals surface area contributed by atoms with Crippen molar-refractivity contribution in [2.24, 2.45) is 4.99 Å². The van der Waals surface area contributed by atoms with E-state index in [1.165, 1.54) is 6.07 Å². The number of rotatable bonds is 6. The van der Waals surface area contributed by atoms with Crippen LogP contribution in [0.5, 0.6) is 0 Å². The summed E-state index contributed by atoms with van der Waals surface area (Å²) in [6.07, 6.45) is 1.78. The molecule has 0 amide bonds. The number of aromatic nitrogens is 1. The second-order valence-corrected chi connectivity index (χ2v) is 6.01. The molecule has 2 rings (SSSR count). The molecule has 2 N–H and O–H groups in total. The quantitative estimate of drug-likeness (QED) is 0.385. The zero-order chi connectivity index (χ0) is 18.2. The molecule has 0 spiro atoms. The van der Waals surface area contributed by atoms with Crippen LogP contribution in [0.15, 0.2) is 41.5 Å². The average Bonchev–Trinajstić information content (AvgIpc) is 2.60. The fourth-order valence-electron chi connectivity index (χ4n) is 2.40. The molecule has 1 heterocycles. The van der Waals surface area contributed by atoms with Gasteiger partial charge in [0.25, 0.3) is 0 Å². The average molecular weight is 471 g/mol. The Hall–Kier alpha value is -1.90. The molecule has 0 radical (unpaired) electrons. The van der Waals surface area contributed by atoms with E-state index in [2.05, 4.69) is 20.6 Å². The number of hydrogen-bond acceptors (Lipinski definition) is 3. The van der Waals surface area contributed by atoms with Crippen molar-refractivity contribution in [2.75, 3.05) is 25.5 Å². The fraction of sp³-hybridized carbons (Fsp3) is 0.368. The van der Waals surface area contributed by atoms with Crippen LogP contribution in [-0.2, 0) is 13.1 Å². The monoisotopic (exact) mass is 471 g/mol. The van der Waals surface area contributed by atoms with Gasteiger partial charge in [-0.05, 0) is 37.1 Å². The van der Waals surface area contributed by atoms with Crippen molar-refractivity contribution < 1.29 is 4.39 Å². The van der Waals surface area contributed by atoms with E-state index >= 15 is 0 Å². The highest BCUT2D eigenvalue weighted by atomic mass is 127. The van der Waals surface area contributed by atoms with Crippen LogP contribution in [0.1, 0.15) is 23.6 Å². The molecule has 0 aliphatic rings. The number of halogens is 2. The van der Waals surface area contributed by atoms with Gasteiger partial charge in [0.15, 0.2) is 5.96 Å². The van der Waals surface area contributed by atoms with Crippen LogP contribution in [0.2, 0.25) is 0 Å². The lowest BCUT2D eigenvalue weighted by Gasteiger charge is -2.17. The minimum atomic E-state index is -0.198. The van der Waals surface area contributed by atoms with E-state index in [0.29, 0.717) is 24.6 Å². The predicted molar refractivity (Wildman–Crippen MR) is 117 cm³/mol. The van der Waals surface area contributed by atoms with E-state index < -0.39 is 0 Å². The SMILES string of the molecule is CCNC(=NCc1ccc(C)c(F)c1)NCc1cccnc1N(C)C.I. The Morgan fingerprint density at radius 3 is 2.65 bits per heavy atom. The second-order valence-electron chi connectivity index (χ2n) is 6.01. The Morgan fingerprint density at radius 1 is 1.23 bits per heavy atom. The summed E-state index contributed by atoms with van der Waals surface area (Å²) < 4.78 is 13.6. The molecular weight excluding hydrogens is 444 g/mol. The molecule has 1 aromatic heterocycles. The van der Waals surface area contributed by atoms with Crippen LogP contribution >= 0.6 is 24.0 Å². The van der Waals surface area contributed by atoms with E-state index in [1.54, 1.807) is 19.2 Å². The highest BCUT2D eigenvalue weighted by Gasteiger charge is 2.06. The minimum absolute atomic E-state index is 0. The summed E-state index contributed by atoms with van der Waals surface area (Å²) in [4.78, 5) is 10.9. The Balaban J connectivity index is 0.00000338. The molecule has 0 unspecified atom stereocenters. The van der Waals surface area contributed by atoms with Crippen molar-refractivity contribution in [1.29, 1.82) is 0 Å². The largest absolute Gasteiger partial charge is 0.362 e. The van der Waals surface area contributed by atoms with E-state index in [-0.39, 0.29) is 29.8 Å². The van der Waals surface area contributed by atoms with Gasteiger partial charge in [0, 0.05) is 38.9 Å². The van der Waals surface area contributed by atoms with Gasteiger partial charge >= 0.3 is 0 Å². The third kappa shape index (κ3) is 6.44. The molecular formula is C19H27FIN5. The summed E-state index contributed by atoms with van der Waals surface area (Å²) in [5.41, 5.74) is 2.57. The number of aryl methyl sites for hydroxylation is 1. The van der Waals surface area contributed by atoms with Gasteiger partial charge in [-0.25, -0.2) is 14.4 Å². The minimum Gasteiger partial charge on any atom is -0.362 e. The number of hydrogen-bond donors (Lipinski definition) is 2. The maximum Gasteiger partial charge on any atom is 0.191 e. The Morgan fingerprint density at radius 2 is 2.00 bits per heavy atom. The van der Waals surface area contributed by atoms with Crippen LogP contribution < -0.4 is 15.5 Å². The molecule has 0 aliphatic carbocycles. The summed E-state index contributed by atoms with van der Waals surface area (Å²) in [7, 11) is 3.94. The summed E-state index contributed by atoms with van der Waals surface area (Å²) in [5, 5.41) is 6.52. The summed E-state index contributed by atoms with van der Waals surface area (Å²) >= 11 is 0. The first kappa shape index (κ1) is 22.1. The molecule has 0 fully saturated rings. The van der Waals surface area contributed by atoms with Crippen molar-refractivity contribution in [1.82, 2.24) is 15.6 Å². The summed E-state index contributed by atoms with van der Waals surface area (Å²) in [6.45, 7) is 5.54. The van der Waals surface area contributed by atoms with Gasteiger partial charge in [-0.2, -0.15) is 0 Å². The fourth-order valence-corrected chi connectivity index (χ4v) is 2.40. The lowest BCUT2D eigenvalue weighted by molar-refractivity contribution is 0.616. The van der Waals surface area contributed by atoms with Crippen LogP contribution in [0.3, 0.4) is 0 Å². The molecule has 0 bridgehead atoms. The first-order valence-corrected chi connectivity index (χ1v) is 8.39. The second kappa shape index (κ2) is 10.9. The highest BCUT2D eigenvalue weighted by molar-refractivity contribution is 14.0. The lowest BCUT2D eigenvalue weighted by Crippen LogP contribution is -2.37. The molecule has 0 saturated carbocycles. The van der Waals surface area contributed by atoms with Crippen LogP contribution in [0.4, 0.5) is 10.2 Å². The van der Waals surface area contributed by atoms with Crippen molar-refractivity contribution >= 4 is 35.8 Å². The van der Waals surface area contributed by atoms with Crippen LogP contribution in [0.25, 0.3) is 0 Å². The number of guanidine groups is 1. The number of nitrogens with one attached hydrogen (secondary N) is 2. The Kier molecular flexibility index (Phi) is 9.32. The van der Waals surface area contributed by atoms with Crippen LogP contribution in [0, 0.1) is 12.7 Å². The maximum absolute atomic E-state index is 13.6. The third-order valence-corrected chi connectivity index (χ3v) is 3.74. The number of pyridine rings is 1. The van der Waals surface area contributed by atoms with Gasteiger partial charge in [0.2, 0.25) is 0 Å². The number of nitrogens with zero attached hydrogens (tertiary/aromatic N) is 3. The van der Waals surface area contributed by atoms with Crippen LogP contribution in [-0.4, -0.2) is 31.6 Å². The first-order valence-electron chi connectivity index (χ1n) is 8.39. The standard InChI is InChI=1S/C19H26FN5.HI/c1-5-21-19(23-12-15-9-8-14(2)17(20)11-15)24-13-16-7-6-10-22-18(16)25(3)4;/h6-11H,5,12-13H2,1-4H3,(H2,21,23,24);1H. The zero-order valence-electron chi connectivity index (χ0n) is 15.7. The zero-order valence-corrected chi connectivity index (χ0v) is 18.0. The van der Waals surface area contributed by atoms with Crippen molar-refractivity contribution in [3.05, 3.63) is 59.0 Å². The van der Waals surface area contributed by atoms with E-state index in [0.717, 1.165) is 23.5 Å². The maximum atomic E-state index is 13.6. The van der Waals surface area contributed by atoms with E-state index in [9.17, 15) is 4.39 Å². The smallest absolute Gasteiger partial charge is 0.191 e. The molecule has 0 saturated heterocycles. The predicted octanol–water partition coefficient (Wildman–Crippen LogP) is 3.47. The van der Waals surface area contributed by atoms with Gasteiger partial charge in [0.1, 0.15) is 11.6 Å². The summed E-state index contributed by atoms with van der Waals surface area (Å²) in [5.74, 6) is 1.42. The Bertz CT molecular complexity index is 734. The molecule has 0 aliphatic heterocycles. The third-order valence-electron chi connectivity index (χ3n) is 3.74. The number of aliphatic imine (C=N–C) groups is 1. The van der Waals surface area contributed by atoms with Crippen molar-refractivity contribution in [2.45, 2.75) is 26.9 Å². The van der Waals surface area contributed by atoms with Crippen molar-refractivity contribution in [3.63, 3.8) is 0 Å². The Labute approximate surface area is 172 Å². The van der Waals surface area contributed by atoms with Gasteiger partial charge < -0.3 is 15.5 Å². The highest BCUT2D eigenvalue weighted by Crippen LogP contribution is 2.14. The normalized spacial score (nSPS) is 10.9. The lowest BCUT2D eigenvalue weighted by atomic mass is 10.1. The molecule has 7 heteroatoms. The van der Waals surface area contributed by atoms with Gasteiger partial charge in [0.05, 0.1) is 6.54 Å². The molecule has 1 aromatic carbocycles. The topological polar surface area (TPSA) is 52.6 Å². The molecule has 5 nitrogen and oxygen atoms in total.